The van der Waals surface area contributed by atoms with Gasteiger partial charge in [-0.2, -0.15) is 0 Å². The van der Waals surface area contributed by atoms with Crippen molar-refractivity contribution in [2.24, 2.45) is 0 Å². The summed E-state index contributed by atoms with van der Waals surface area (Å²) in [5, 5.41) is 12.3. The monoisotopic (exact) mass is 349 g/mol. The summed E-state index contributed by atoms with van der Waals surface area (Å²) in [7, 11) is 1.57. The van der Waals surface area contributed by atoms with Crippen LogP contribution >= 0.6 is 15.9 Å². The first-order valence-corrected chi connectivity index (χ1v) is 7.25. The molecule has 0 spiro atoms. The van der Waals surface area contributed by atoms with E-state index >= 15 is 0 Å². The molecule has 0 heterocycles. The highest BCUT2D eigenvalue weighted by Gasteiger charge is 2.15. The van der Waals surface area contributed by atoms with Crippen LogP contribution in [0, 0.1) is 0 Å². The molecule has 0 radical (unpaired) electrons. The van der Waals surface area contributed by atoms with Crippen LogP contribution in [-0.2, 0) is 0 Å². The number of nitrogens with one attached hydrogen (secondary N) is 1. The number of benzene rings is 2. The fourth-order valence-electron chi connectivity index (χ4n) is 1.97. The Morgan fingerprint density at radius 3 is 2.57 bits per heavy atom. The minimum atomic E-state index is -0.431. The zero-order chi connectivity index (χ0) is 15.2. The summed E-state index contributed by atoms with van der Waals surface area (Å²) in [6, 6.07) is 14.0. The van der Waals surface area contributed by atoms with Gasteiger partial charge in [-0.1, -0.05) is 30.3 Å². The highest BCUT2D eigenvalue weighted by Crippen LogP contribution is 2.25. The van der Waals surface area contributed by atoms with Gasteiger partial charge in [0, 0.05) is 5.56 Å². The molecule has 0 aromatic heterocycles. The van der Waals surface area contributed by atoms with Gasteiger partial charge in [0.2, 0.25) is 0 Å². The average molecular weight is 350 g/mol. The number of ether oxygens (including phenoxy) is 1. The summed E-state index contributed by atoms with van der Waals surface area (Å²) in [5.74, 6) is 0.412. The van der Waals surface area contributed by atoms with Gasteiger partial charge in [0.1, 0.15) is 5.75 Å². The van der Waals surface area contributed by atoms with E-state index < -0.39 is 6.04 Å². The number of amides is 1. The second-order valence-electron chi connectivity index (χ2n) is 4.47. The molecule has 0 aliphatic heterocycles. The van der Waals surface area contributed by atoms with Crippen LogP contribution < -0.4 is 10.1 Å². The van der Waals surface area contributed by atoms with Gasteiger partial charge < -0.3 is 15.2 Å². The summed E-state index contributed by atoms with van der Waals surface area (Å²) in [6.07, 6.45) is 0. The molecule has 21 heavy (non-hydrogen) atoms. The second kappa shape index (κ2) is 7.24. The van der Waals surface area contributed by atoms with Gasteiger partial charge in [0.25, 0.3) is 5.91 Å². The molecule has 2 rings (SSSR count). The predicted octanol–water partition coefficient (Wildman–Crippen LogP) is 2.92. The van der Waals surface area contributed by atoms with E-state index in [1.807, 2.05) is 30.3 Å². The Balaban J connectivity index is 2.15. The van der Waals surface area contributed by atoms with Gasteiger partial charge >= 0.3 is 0 Å². The lowest BCUT2D eigenvalue weighted by molar-refractivity contribution is 0.0916. The normalized spacial score (nSPS) is 11.8. The Labute approximate surface area is 131 Å². The molecule has 2 aromatic rings. The Bertz CT molecular complexity index is 616. The van der Waals surface area contributed by atoms with Crippen molar-refractivity contribution < 1.29 is 14.6 Å². The Kier molecular flexibility index (Phi) is 5.36. The topological polar surface area (TPSA) is 58.6 Å². The lowest BCUT2D eigenvalue weighted by atomic mass is 10.1. The minimum Gasteiger partial charge on any atom is -0.496 e. The molecule has 5 heteroatoms. The maximum Gasteiger partial charge on any atom is 0.251 e. The van der Waals surface area contributed by atoms with Crippen molar-refractivity contribution in [3.05, 3.63) is 64.1 Å². The van der Waals surface area contributed by atoms with E-state index in [0.717, 1.165) is 5.56 Å². The smallest absolute Gasteiger partial charge is 0.251 e. The molecule has 2 aromatic carbocycles. The van der Waals surface area contributed by atoms with Crippen LogP contribution in [0.4, 0.5) is 0 Å². The van der Waals surface area contributed by atoms with Gasteiger partial charge in [-0.15, -0.1) is 0 Å². The third-order valence-corrected chi connectivity index (χ3v) is 3.72. The van der Waals surface area contributed by atoms with E-state index in [0.29, 0.717) is 15.8 Å². The van der Waals surface area contributed by atoms with E-state index in [1.54, 1.807) is 25.3 Å². The predicted molar refractivity (Wildman–Crippen MR) is 84.4 cm³/mol. The maximum absolute atomic E-state index is 12.3. The largest absolute Gasteiger partial charge is 0.496 e. The van der Waals surface area contributed by atoms with Crippen molar-refractivity contribution >= 4 is 21.8 Å². The summed E-state index contributed by atoms with van der Waals surface area (Å²) >= 11 is 3.35. The van der Waals surface area contributed by atoms with E-state index in [4.69, 9.17) is 4.74 Å². The molecule has 0 bridgehead atoms. The number of methoxy groups -OCH3 is 1. The fraction of sp³-hybridized carbons (Fsp3) is 0.188. The first kappa shape index (κ1) is 15.5. The van der Waals surface area contributed by atoms with E-state index in [-0.39, 0.29) is 12.5 Å². The average Bonchev–Trinajstić information content (AvgIpc) is 2.53. The Morgan fingerprint density at radius 1 is 1.29 bits per heavy atom. The van der Waals surface area contributed by atoms with Gasteiger partial charge in [-0.05, 0) is 39.7 Å². The van der Waals surface area contributed by atoms with Crippen molar-refractivity contribution in [3.8, 4) is 5.75 Å². The zero-order valence-electron chi connectivity index (χ0n) is 11.5. The second-order valence-corrected chi connectivity index (χ2v) is 5.32. The van der Waals surface area contributed by atoms with Gasteiger partial charge in [-0.3, -0.25) is 4.79 Å². The molecule has 0 aliphatic rings. The van der Waals surface area contributed by atoms with Crippen molar-refractivity contribution in [2.75, 3.05) is 13.7 Å². The number of rotatable bonds is 5. The van der Waals surface area contributed by atoms with Crippen LogP contribution in [0.15, 0.2) is 53.0 Å². The highest BCUT2D eigenvalue weighted by atomic mass is 79.9. The van der Waals surface area contributed by atoms with Crippen LogP contribution in [0.5, 0.6) is 5.75 Å². The van der Waals surface area contributed by atoms with Gasteiger partial charge in [0.15, 0.2) is 0 Å². The quantitative estimate of drug-likeness (QED) is 0.872. The molecular formula is C16H16BrNO3. The number of halogens is 1. The van der Waals surface area contributed by atoms with Gasteiger partial charge in [0.05, 0.1) is 24.2 Å². The van der Waals surface area contributed by atoms with Crippen LogP contribution in [0.25, 0.3) is 0 Å². The molecule has 1 amide bonds. The molecule has 1 atom stereocenters. The number of hydrogen-bond donors (Lipinski definition) is 2. The fourth-order valence-corrected chi connectivity index (χ4v) is 2.51. The number of carbonyl (C=O) groups is 1. The van der Waals surface area contributed by atoms with Crippen LogP contribution in [0.2, 0.25) is 0 Å². The van der Waals surface area contributed by atoms with E-state index in [1.165, 1.54) is 0 Å². The maximum atomic E-state index is 12.3. The molecule has 0 saturated carbocycles. The molecule has 0 saturated heterocycles. The van der Waals surface area contributed by atoms with Crippen LogP contribution in [0.1, 0.15) is 22.0 Å². The van der Waals surface area contributed by atoms with Crippen molar-refractivity contribution in [2.45, 2.75) is 6.04 Å². The van der Waals surface area contributed by atoms with E-state index in [9.17, 15) is 9.90 Å². The molecule has 0 fully saturated rings. The molecular weight excluding hydrogens is 334 g/mol. The van der Waals surface area contributed by atoms with Crippen LogP contribution in [0.3, 0.4) is 0 Å². The summed E-state index contributed by atoms with van der Waals surface area (Å²) in [5.41, 5.74) is 1.36. The summed E-state index contributed by atoms with van der Waals surface area (Å²) in [4.78, 5) is 12.3. The first-order chi connectivity index (χ1) is 10.2. The molecule has 0 unspecified atom stereocenters. The Hall–Kier alpha value is -1.85. The number of hydrogen-bond acceptors (Lipinski definition) is 3. The lowest BCUT2D eigenvalue weighted by Gasteiger charge is -2.17. The molecule has 4 nitrogen and oxygen atoms in total. The number of aliphatic hydroxyl groups excluding tert-OH is 1. The molecule has 0 aliphatic carbocycles. The van der Waals surface area contributed by atoms with Crippen LogP contribution in [-0.4, -0.2) is 24.7 Å². The first-order valence-electron chi connectivity index (χ1n) is 6.46. The SMILES string of the molecule is COc1ccc(C(=O)N[C@@H](CO)c2ccccc2)cc1Br. The van der Waals surface area contributed by atoms with Crippen molar-refractivity contribution in [1.29, 1.82) is 0 Å². The van der Waals surface area contributed by atoms with Crippen molar-refractivity contribution in [1.82, 2.24) is 5.32 Å². The molecule has 2 N–H and O–H groups in total. The number of aliphatic hydroxyl groups is 1. The minimum absolute atomic E-state index is 0.160. The third kappa shape index (κ3) is 3.83. The number of carbonyl (C=O) groups excluding carboxylic acids is 1. The summed E-state index contributed by atoms with van der Waals surface area (Å²) in [6.45, 7) is -0.160. The highest BCUT2D eigenvalue weighted by molar-refractivity contribution is 9.10. The lowest BCUT2D eigenvalue weighted by Crippen LogP contribution is -2.30. The standard InChI is InChI=1S/C16H16BrNO3/c1-21-15-8-7-12(9-13(15)17)16(20)18-14(10-19)11-5-3-2-4-6-11/h2-9,14,19H,10H2,1H3,(H,18,20)/t14-/m0/s1. The van der Waals surface area contributed by atoms with E-state index in [2.05, 4.69) is 21.2 Å². The Morgan fingerprint density at radius 2 is 2.00 bits per heavy atom. The van der Waals surface area contributed by atoms with Gasteiger partial charge in [-0.25, -0.2) is 0 Å². The molecule has 110 valence electrons. The third-order valence-electron chi connectivity index (χ3n) is 3.10. The van der Waals surface area contributed by atoms with Crippen molar-refractivity contribution in [3.63, 3.8) is 0 Å². The zero-order valence-corrected chi connectivity index (χ0v) is 13.1. The summed E-state index contributed by atoms with van der Waals surface area (Å²) < 4.78 is 5.84.